The van der Waals surface area contributed by atoms with E-state index in [0.29, 0.717) is 30.0 Å². The Morgan fingerprint density at radius 3 is 2.61 bits per heavy atom. The van der Waals surface area contributed by atoms with Gasteiger partial charge in [0.25, 0.3) is 0 Å². The normalized spacial score (nSPS) is 11.6. The fourth-order valence-electron chi connectivity index (χ4n) is 3.86. The molecule has 0 radical (unpaired) electrons. The Morgan fingerprint density at radius 1 is 1.00 bits per heavy atom. The third-order valence-electron chi connectivity index (χ3n) is 5.82. The van der Waals surface area contributed by atoms with E-state index in [1.54, 1.807) is 50.2 Å². The summed E-state index contributed by atoms with van der Waals surface area (Å²) in [6.45, 7) is 3.88. The molecule has 1 heterocycles. The first kappa shape index (κ1) is 24.6. The highest BCUT2D eigenvalue weighted by Crippen LogP contribution is 2.22. The Bertz CT molecular complexity index is 1420. The van der Waals surface area contributed by atoms with Gasteiger partial charge in [-0.05, 0) is 41.5 Å². The van der Waals surface area contributed by atoms with Crippen LogP contribution in [0.15, 0.2) is 79.0 Å². The van der Waals surface area contributed by atoms with E-state index >= 15 is 0 Å². The fraction of sp³-hybridized carbons (Fsp3) is 0.207. The van der Waals surface area contributed by atoms with E-state index < -0.39 is 6.04 Å². The van der Waals surface area contributed by atoms with Gasteiger partial charge in [-0.2, -0.15) is 5.26 Å². The van der Waals surface area contributed by atoms with Crippen molar-refractivity contribution < 1.29 is 14.3 Å². The van der Waals surface area contributed by atoms with Gasteiger partial charge in [0.15, 0.2) is 0 Å². The minimum absolute atomic E-state index is 0.188. The summed E-state index contributed by atoms with van der Waals surface area (Å²) >= 11 is 0. The zero-order chi connectivity index (χ0) is 25.5. The molecule has 0 spiro atoms. The lowest BCUT2D eigenvalue weighted by Gasteiger charge is -2.20. The maximum Gasteiger partial charge on any atom is 0.247 e. The van der Waals surface area contributed by atoms with Crippen molar-refractivity contribution in [2.45, 2.75) is 32.9 Å². The zero-order valence-electron chi connectivity index (χ0n) is 20.2. The van der Waals surface area contributed by atoms with Crippen LogP contribution in [-0.2, 0) is 22.6 Å². The van der Waals surface area contributed by atoms with Crippen LogP contribution in [0.5, 0.6) is 5.75 Å². The average molecular weight is 481 g/mol. The number of para-hydroxylation sites is 1. The van der Waals surface area contributed by atoms with E-state index in [-0.39, 0.29) is 17.7 Å². The summed E-state index contributed by atoms with van der Waals surface area (Å²) in [6.07, 6.45) is 2.22. The molecule has 7 nitrogen and oxygen atoms in total. The predicted octanol–water partition coefficient (Wildman–Crippen LogP) is 4.94. The van der Waals surface area contributed by atoms with Crippen molar-refractivity contribution in [1.29, 1.82) is 5.26 Å². The molecule has 7 heteroatoms. The quantitative estimate of drug-likeness (QED) is 0.315. The largest absolute Gasteiger partial charge is 0.489 e. The van der Waals surface area contributed by atoms with Gasteiger partial charge in [0, 0.05) is 41.2 Å². The summed E-state index contributed by atoms with van der Waals surface area (Å²) in [5.41, 5.74) is 3.94. The van der Waals surface area contributed by atoms with Gasteiger partial charge in [0.05, 0.1) is 11.6 Å². The molecule has 4 aromatic rings. The molecule has 0 saturated heterocycles. The number of hydrogen-bond donors (Lipinski definition) is 3. The number of fused-ring (bicyclic) bond motifs is 1. The molecule has 0 aliphatic rings. The van der Waals surface area contributed by atoms with E-state index in [0.717, 1.165) is 22.0 Å². The van der Waals surface area contributed by atoms with E-state index in [2.05, 4.69) is 21.7 Å². The lowest BCUT2D eigenvalue weighted by Crippen LogP contribution is -2.46. The van der Waals surface area contributed by atoms with Crippen LogP contribution in [0.25, 0.3) is 10.9 Å². The third kappa shape index (κ3) is 6.10. The van der Waals surface area contributed by atoms with Crippen molar-refractivity contribution in [2.24, 2.45) is 5.92 Å². The van der Waals surface area contributed by atoms with E-state index in [4.69, 9.17) is 10.00 Å². The van der Waals surface area contributed by atoms with E-state index in [1.165, 1.54) is 0 Å². The Kier molecular flexibility index (Phi) is 7.66. The van der Waals surface area contributed by atoms with Gasteiger partial charge in [-0.25, -0.2) is 0 Å². The minimum atomic E-state index is -0.752. The number of nitriles is 1. The number of benzene rings is 3. The summed E-state index contributed by atoms with van der Waals surface area (Å²) in [5, 5.41) is 15.9. The summed E-state index contributed by atoms with van der Waals surface area (Å²) < 4.78 is 5.87. The molecular weight excluding hydrogens is 452 g/mol. The number of hydrogen-bond acceptors (Lipinski definition) is 4. The second kappa shape index (κ2) is 11.2. The van der Waals surface area contributed by atoms with Crippen LogP contribution in [0.2, 0.25) is 0 Å². The van der Waals surface area contributed by atoms with Crippen LogP contribution in [0.4, 0.5) is 5.69 Å². The minimum Gasteiger partial charge on any atom is -0.489 e. The Balaban J connectivity index is 1.47. The number of anilines is 1. The molecule has 0 aliphatic carbocycles. The Morgan fingerprint density at radius 2 is 1.81 bits per heavy atom. The maximum atomic E-state index is 13.3. The molecule has 1 atom stereocenters. The smallest absolute Gasteiger partial charge is 0.247 e. The van der Waals surface area contributed by atoms with Gasteiger partial charge in [0.1, 0.15) is 18.4 Å². The molecule has 36 heavy (non-hydrogen) atoms. The van der Waals surface area contributed by atoms with Crippen LogP contribution in [0, 0.1) is 17.2 Å². The van der Waals surface area contributed by atoms with Crippen LogP contribution in [0.1, 0.15) is 30.5 Å². The summed E-state index contributed by atoms with van der Waals surface area (Å²) in [7, 11) is 0. The molecule has 3 N–H and O–H groups in total. The Labute approximate surface area is 210 Å². The SMILES string of the molecule is CC(C)C(=O)NC(Cc1c[nH]c2ccccc12)C(=O)Nc1cccc(OCc2cccc(C#N)c2)c1. The monoisotopic (exact) mass is 480 g/mol. The topological polar surface area (TPSA) is 107 Å². The molecular formula is C29H28N4O3. The highest BCUT2D eigenvalue weighted by atomic mass is 16.5. The molecule has 0 saturated carbocycles. The second-order valence-corrected chi connectivity index (χ2v) is 8.90. The summed E-state index contributed by atoms with van der Waals surface area (Å²) in [6, 6.07) is 23.5. The summed E-state index contributed by atoms with van der Waals surface area (Å²) in [5.74, 6) is -0.172. The second-order valence-electron chi connectivity index (χ2n) is 8.90. The first-order valence-electron chi connectivity index (χ1n) is 11.8. The number of amides is 2. The third-order valence-corrected chi connectivity index (χ3v) is 5.82. The van der Waals surface area contributed by atoms with Crippen molar-refractivity contribution in [3.8, 4) is 11.8 Å². The fourth-order valence-corrected chi connectivity index (χ4v) is 3.86. The summed E-state index contributed by atoms with van der Waals surface area (Å²) in [4.78, 5) is 29.0. The van der Waals surface area contributed by atoms with Gasteiger partial charge in [-0.3, -0.25) is 9.59 Å². The van der Waals surface area contributed by atoms with Gasteiger partial charge in [0.2, 0.25) is 11.8 Å². The van der Waals surface area contributed by atoms with Gasteiger partial charge in [-0.1, -0.05) is 50.2 Å². The first-order valence-corrected chi connectivity index (χ1v) is 11.8. The highest BCUT2D eigenvalue weighted by molar-refractivity contribution is 5.98. The number of aromatic amines is 1. The number of carbonyl (C=O) groups is 2. The molecule has 1 unspecified atom stereocenters. The zero-order valence-corrected chi connectivity index (χ0v) is 20.2. The van der Waals surface area contributed by atoms with Gasteiger partial charge >= 0.3 is 0 Å². The van der Waals surface area contributed by atoms with Crippen LogP contribution in [0.3, 0.4) is 0 Å². The number of aromatic nitrogens is 1. The molecule has 3 aromatic carbocycles. The lowest BCUT2D eigenvalue weighted by atomic mass is 10.0. The van der Waals surface area contributed by atoms with Crippen molar-refractivity contribution in [3.63, 3.8) is 0 Å². The molecule has 0 fully saturated rings. The first-order chi connectivity index (χ1) is 17.4. The number of rotatable bonds is 9. The number of ether oxygens (including phenoxy) is 1. The molecule has 1 aromatic heterocycles. The number of H-pyrrole nitrogens is 1. The standard InChI is InChI=1S/C29H28N4O3/c1-19(2)28(34)33-27(14-22-17-31-26-12-4-3-11-25(22)26)29(35)32-23-9-6-10-24(15-23)36-18-21-8-5-7-20(13-21)16-30/h3-13,15,17,19,27,31H,14,18H2,1-2H3,(H,32,35)(H,33,34). The molecule has 0 bridgehead atoms. The number of nitrogens with one attached hydrogen (secondary N) is 3. The van der Waals surface area contributed by atoms with Crippen LogP contribution in [-0.4, -0.2) is 22.8 Å². The highest BCUT2D eigenvalue weighted by Gasteiger charge is 2.24. The Hall–Kier alpha value is -4.57. The molecule has 4 rings (SSSR count). The van der Waals surface area contributed by atoms with Gasteiger partial charge < -0.3 is 20.4 Å². The van der Waals surface area contributed by atoms with Crippen molar-refractivity contribution in [1.82, 2.24) is 10.3 Å². The van der Waals surface area contributed by atoms with Crippen molar-refractivity contribution >= 4 is 28.4 Å². The average Bonchev–Trinajstić information content (AvgIpc) is 3.30. The van der Waals surface area contributed by atoms with Crippen LogP contribution < -0.4 is 15.4 Å². The number of nitrogens with zero attached hydrogens (tertiary/aromatic N) is 1. The van der Waals surface area contributed by atoms with Crippen molar-refractivity contribution in [3.05, 3.63) is 95.7 Å². The lowest BCUT2D eigenvalue weighted by molar-refractivity contribution is -0.128. The molecule has 2 amide bonds. The number of carbonyl (C=O) groups excluding carboxylic acids is 2. The van der Waals surface area contributed by atoms with Gasteiger partial charge in [-0.15, -0.1) is 0 Å². The van der Waals surface area contributed by atoms with E-state index in [9.17, 15) is 9.59 Å². The van der Waals surface area contributed by atoms with Crippen LogP contribution >= 0.6 is 0 Å². The van der Waals surface area contributed by atoms with Crippen molar-refractivity contribution in [2.75, 3.05) is 5.32 Å². The molecule has 182 valence electrons. The van der Waals surface area contributed by atoms with E-state index in [1.807, 2.05) is 42.6 Å². The molecule has 0 aliphatic heterocycles. The predicted molar refractivity (Wildman–Crippen MR) is 139 cm³/mol. The maximum absolute atomic E-state index is 13.3.